The number of carbonyl (C=O) groups is 1. The molecule has 3 unspecified atom stereocenters. The average molecular weight is 389 g/mol. The number of carbonyl (C=O) groups excluding carboxylic acids is 1. The van der Waals surface area contributed by atoms with Gasteiger partial charge >= 0.3 is 0 Å². The van der Waals surface area contributed by atoms with Crippen LogP contribution in [0.15, 0.2) is 48.5 Å². The fourth-order valence-corrected chi connectivity index (χ4v) is 4.22. The summed E-state index contributed by atoms with van der Waals surface area (Å²) >= 11 is 2.26. The van der Waals surface area contributed by atoms with Crippen molar-refractivity contribution in [1.29, 1.82) is 0 Å². The number of para-hydroxylation sites is 1. The van der Waals surface area contributed by atoms with E-state index in [1.54, 1.807) is 0 Å². The van der Waals surface area contributed by atoms with Crippen LogP contribution in [-0.2, 0) is 11.2 Å². The minimum Gasteiger partial charge on any atom is -0.325 e. The number of hydrogen-bond donors (Lipinski definition) is 1. The molecule has 0 aromatic heterocycles. The number of nitrogens with one attached hydrogen (secondary N) is 1. The Morgan fingerprint density at radius 1 is 1.10 bits per heavy atom. The van der Waals surface area contributed by atoms with E-state index >= 15 is 0 Å². The van der Waals surface area contributed by atoms with Crippen molar-refractivity contribution in [2.24, 2.45) is 11.8 Å². The quantitative estimate of drug-likeness (QED) is 0.767. The van der Waals surface area contributed by atoms with E-state index in [2.05, 4.69) is 52.2 Å². The molecule has 0 aliphatic heterocycles. The Morgan fingerprint density at radius 3 is 2.71 bits per heavy atom. The monoisotopic (exact) mass is 389 g/mol. The molecule has 2 aliphatic rings. The zero-order valence-corrected chi connectivity index (χ0v) is 13.7. The predicted molar refractivity (Wildman–Crippen MR) is 92.3 cm³/mol. The van der Waals surface area contributed by atoms with Crippen molar-refractivity contribution in [3.63, 3.8) is 0 Å². The van der Waals surface area contributed by atoms with Crippen molar-refractivity contribution in [1.82, 2.24) is 0 Å². The Kier molecular flexibility index (Phi) is 3.25. The number of aryl methyl sites for hydroxylation is 1. The highest BCUT2D eigenvalue weighted by Gasteiger charge is 2.56. The highest BCUT2D eigenvalue weighted by atomic mass is 127. The molecule has 2 aromatic rings. The SMILES string of the molecule is O=C(Nc1ccccc1I)C1C2CCc3ccccc3C21. The third-order valence-electron chi connectivity index (χ3n) is 4.76. The van der Waals surface area contributed by atoms with Crippen LogP contribution in [0.25, 0.3) is 0 Å². The van der Waals surface area contributed by atoms with Crippen LogP contribution in [0.3, 0.4) is 0 Å². The molecule has 0 bridgehead atoms. The normalized spacial score (nSPS) is 25.7. The lowest BCUT2D eigenvalue weighted by Gasteiger charge is -2.13. The van der Waals surface area contributed by atoms with Gasteiger partial charge in [0.05, 0.1) is 5.69 Å². The summed E-state index contributed by atoms with van der Waals surface area (Å²) in [6.07, 6.45) is 2.26. The molecule has 0 radical (unpaired) electrons. The summed E-state index contributed by atoms with van der Waals surface area (Å²) in [5.74, 6) is 1.33. The van der Waals surface area contributed by atoms with E-state index < -0.39 is 0 Å². The Bertz CT molecular complexity index is 712. The highest BCUT2D eigenvalue weighted by Crippen LogP contribution is 2.60. The molecule has 1 fully saturated rings. The second-order valence-corrected chi connectivity index (χ2v) is 7.08. The third kappa shape index (κ3) is 2.27. The molecule has 3 atom stereocenters. The smallest absolute Gasteiger partial charge is 0.228 e. The first kappa shape index (κ1) is 13.3. The topological polar surface area (TPSA) is 29.1 Å². The van der Waals surface area contributed by atoms with Crippen LogP contribution in [0.1, 0.15) is 23.5 Å². The van der Waals surface area contributed by atoms with Gasteiger partial charge in [0, 0.05) is 9.49 Å². The van der Waals surface area contributed by atoms with Gasteiger partial charge in [0.2, 0.25) is 5.91 Å². The number of fused-ring (bicyclic) bond motifs is 3. The van der Waals surface area contributed by atoms with Crippen molar-refractivity contribution >= 4 is 34.2 Å². The van der Waals surface area contributed by atoms with Crippen LogP contribution in [0.4, 0.5) is 5.69 Å². The molecule has 2 aromatic carbocycles. The van der Waals surface area contributed by atoms with Gasteiger partial charge in [0.25, 0.3) is 0 Å². The van der Waals surface area contributed by atoms with Gasteiger partial charge in [-0.3, -0.25) is 4.79 Å². The lowest BCUT2D eigenvalue weighted by Crippen LogP contribution is -2.16. The molecule has 2 nitrogen and oxygen atoms in total. The van der Waals surface area contributed by atoms with Crippen LogP contribution in [0, 0.1) is 15.4 Å². The minimum atomic E-state index is 0.157. The van der Waals surface area contributed by atoms with Gasteiger partial charge in [-0.25, -0.2) is 0 Å². The van der Waals surface area contributed by atoms with Crippen LogP contribution in [-0.4, -0.2) is 5.91 Å². The van der Waals surface area contributed by atoms with Gasteiger partial charge < -0.3 is 5.32 Å². The van der Waals surface area contributed by atoms with E-state index in [0.717, 1.165) is 22.1 Å². The van der Waals surface area contributed by atoms with Crippen molar-refractivity contribution in [3.8, 4) is 0 Å². The van der Waals surface area contributed by atoms with Gasteiger partial charge in [-0.2, -0.15) is 0 Å². The molecular weight excluding hydrogens is 373 g/mol. The lowest BCUT2D eigenvalue weighted by molar-refractivity contribution is -0.117. The molecule has 3 heteroatoms. The van der Waals surface area contributed by atoms with Gasteiger partial charge in [-0.15, -0.1) is 0 Å². The summed E-state index contributed by atoms with van der Waals surface area (Å²) in [5.41, 5.74) is 3.76. The van der Waals surface area contributed by atoms with E-state index in [9.17, 15) is 4.79 Å². The summed E-state index contributed by atoms with van der Waals surface area (Å²) in [6, 6.07) is 16.5. The Morgan fingerprint density at radius 2 is 1.86 bits per heavy atom. The van der Waals surface area contributed by atoms with Crippen molar-refractivity contribution in [2.75, 3.05) is 5.32 Å². The molecule has 1 saturated carbocycles. The van der Waals surface area contributed by atoms with E-state index in [-0.39, 0.29) is 11.8 Å². The number of amides is 1. The van der Waals surface area contributed by atoms with Crippen LogP contribution in [0.5, 0.6) is 0 Å². The Balaban J connectivity index is 1.55. The molecule has 2 aliphatic carbocycles. The highest BCUT2D eigenvalue weighted by molar-refractivity contribution is 14.1. The Hall–Kier alpha value is -1.36. The fraction of sp³-hybridized carbons (Fsp3) is 0.278. The molecule has 4 rings (SSSR count). The van der Waals surface area contributed by atoms with Crippen molar-refractivity contribution in [3.05, 3.63) is 63.2 Å². The Labute approximate surface area is 138 Å². The second-order valence-electron chi connectivity index (χ2n) is 5.92. The summed E-state index contributed by atoms with van der Waals surface area (Å²) in [4.78, 5) is 12.6. The summed E-state index contributed by atoms with van der Waals surface area (Å²) in [6.45, 7) is 0. The predicted octanol–water partition coefficient (Wildman–Crippen LogP) is 4.21. The molecule has 1 amide bonds. The van der Waals surface area contributed by atoms with Crippen LogP contribution < -0.4 is 5.32 Å². The van der Waals surface area contributed by atoms with Gasteiger partial charge in [-0.05, 0) is 70.5 Å². The molecule has 1 N–H and O–H groups in total. The third-order valence-corrected chi connectivity index (χ3v) is 5.70. The van der Waals surface area contributed by atoms with Gasteiger partial charge in [0.1, 0.15) is 0 Å². The number of hydrogen-bond acceptors (Lipinski definition) is 1. The second kappa shape index (κ2) is 5.13. The number of rotatable bonds is 2. The average Bonchev–Trinajstić information content (AvgIpc) is 3.24. The maximum atomic E-state index is 12.6. The largest absolute Gasteiger partial charge is 0.325 e. The minimum absolute atomic E-state index is 0.157. The van der Waals surface area contributed by atoms with Crippen molar-refractivity contribution < 1.29 is 4.79 Å². The van der Waals surface area contributed by atoms with Gasteiger partial charge in [0.15, 0.2) is 0 Å². The van der Waals surface area contributed by atoms with Crippen LogP contribution in [0.2, 0.25) is 0 Å². The van der Waals surface area contributed by atoms with E-state index in [4.69, 9.17) is 0 Å². The zero-order valence-electron chi connectivity index (χ0n) is 11.6. The van der Waals surface area contributed by atoms with Crippen molar-refractivity contribution in [2.45, 2.75) is 18.8 Å². The standard InChI is InChI=1S/C18H16INO/c19-14-7-3-4-8-15(14)20-18(21)17-13-10-9-11-5-1-2-6-12(11)16(13)17/h1-8,13,16-17H,9-10H2,(H,20,21). The molecule has 0 heterocycles. The summed E-state index contributed by atoms with van der Waals surface area (Å²) < 4.78 is 1.09. The number of anilines is 1. The van der Waals surface area contributed by atoms with E-state index in [1.807, 2.05) is 24.3 Å². The first-order chi connectivity index (χ1) is 10.3. The number of benzene rings is 2. The zero-order chi connectivity index (χ0) is 14.4. The first-order valence-corrected chi connectivity index (χ1v) is 8.47. The molecule has 106 valence electrons. The molecular formula is C18H16INO. The summed E-state index contributed by atoms with van der Waals surface area (Å²) in [7, 11) is 0. The lowest BCUT2D eigenvalue weighted by atomic mass is 9.92. The van der Waals surface area contributed by atoms with Crippen LogP contribution >= 0.6 is 22.6 Å². The first-order valence-electron chi connectivity index (χ1n) is 7.39. The fourth-order valence-electron chi connectivity index (χ4n) is 3.70. The molecule has 21 heavy (non-hydrogen) atoms. The molecule has 0 spiro atoms. The van der Waals surface area contributed by atoms with E-state index in [0.29, 0.717) is 11.8 Å². The maximum absolute atomic E-state index is 12.6. The summed E-state index contributed by atoms with van der Waals surface area (Å²) in [5, 5.41) is 3.11. The maximum Gasteiger partial charge on any atom is 0.228 e. The van der Waals surface area contributed by atoms with Gasteiger partial charge in [-0.1, -0.05) is 36.4 Å². The number of halogens is 1. The molecule has 0 saturated heterocycles. The van der Waals surface area contributed by atoms with E-state index in [1.165, 1.54) is 11.1 Å².